The normalized spacial score (nSPS) is 16.2. The molecule has 3 aromatic rings. The first-order valence-electron chi connectivity index (χ1n) is 14.9. The summed E-state index contributed by atoms with van der Waals surface area (Å²) in [5.74, 6) is -6.41. The van der Waals surface area contributed by atoms with Gasteiger partial charge in [-0.05, 0) is 55.7 Å². The van der Waals surface area contributed by atoms with Crippen LogP contribution in [0.25, 0.3) is 10.9 Å². The first-order valence-corrected chi connectivity index (χ1v) is 14.9. The number of rotatable bonds is 6. The van der Waals surface area contributed by atoms with Gasteiger partial charge in [0.2, 0.25) is 5.82 Å². The van der Waals surface area contributed by atoms with E-state index >= 15 is 0 Å². The second-order valence-electron chi connectivity index (χ2n) is 11.3. The van der Waals surface area contributed by atoms with E-state index in [1.54, 1.807) is 12.1 Å². The van der Waals surface area contributed by atoms with Crippen molar-refractivity contribution in [1.82, 2.24) is 15.3 Å². The van der Waals surface area contributed by atoms with Gasteiger partial charge in [-0.2, -0.15) is 52.7 Å². The summed E-state index contributed by atoms with van der Waals surface area (Å²) < 4.78 is 143. The molecule has 1 aliphatic rings. The maximum atomic E-state index is 13.2. The Labute approximate surface area is 295 Å². The van der Waals surface area contributed by atoms with Crippen molar-refractivity contribution in [2.45, 2.75) is 75.9 Å². The number of aryl methyl sites for hydroxylation is 1. The van der Waals surface area contributed by atoms with Gasteiger partial charge in [-0.25, -0.2) is 24.5 Å². The maximum Gasteiger partial charge on any atom is 0.490 e. The minimum absolute atomic E-state index is 0.0263. The molecule has 24 heteroatoms. The van der Waals surface area contributed by atoms with Gasteiger partial charge in [-0.3, -0.25) is 4.79 Å². The summed E-state index contributed by atoms with van der Waals surface area (Å²) in [5.41, 5.74) is 9.19. The van der Waals surface area contributed by atoms with Gasteiger partial charge in [0.1, 0.15) is 5.82 Å². The largest absolute Gasteiger partial charge is 0.490 e. The number of carboxylic acid groups (broad SMARTS) is 2. The van der Waals surface area contributed by atoms with Crippen molar-refractivity contribution in [1.29, 1.82) is 0 Å². The van der Waals surface area contributed by atoms with E-state index < -0.39 is 60.2 Å². The number of carbonyl (C=O) groups excluding carboxylic acids is 1. The summed E-state index contributed by atoms with van der Waals surface area (Å²) in [6, 6.07) is 6.01. The predicted molar refractivity (Wildman–Crippen MR) is 165 cm³/mol. The van der Waals surface area contributed by atoms with E-state index in [9.17, 15) is 57.5 Å². The van der Waals surface area contributed by atoms with Crippen LogP contribution in [0.5, 0.6) is 0 Å². The van der Waals surface area contributed by atoms with E-state index in [4.69, 9.17) is 31.3 Å². The number of anilines is 1. The quantitative estimate of drug-likeness (QED) is 0.0951. The number of halogens is 12. The monoisotopic (exact) mass is 795 g/mol. The molecule has 2 atom stereocenters. The van der Waals surface area contributed by atoms with Crippen molar-refractivity contribution >= 4 is 40.5 Å². The Bertz CT molecular complexity index is 1780. The minimum atomic E-state index is -5.08. The fourth-order valence-corrected chi connectivity index (χ4v) is 4.64. The van der Waals surface area contributed by atoms with E-state index in [-0.39, 0.29) is 35.5 Å². The van der Waals surface area contributed by atoms with E-state index in [1.807, 2.05) is 13.0 Å². The number of nitrogens with two attached hydrogens (primary N) is 2. The number of guanidine groups is 1. The SMILES string of the molecule is Cc1ccc2nc(C(=O)NCc3cc(C(F)(F)F)cc(C(F)(F)F)c3)nc(NC3CCCCC3N=C(N)N)c2c1.O=C(O)C(F)(F)F.O=C(O)C(F)(F)F. The molecule has 0 saturated heterocycles. The Morgan fingerprint density at radius 2 is 1.30 bits per heavy atom. The summed E-state index contributed by atoms with van der Waals surface area (Å²) >= 11 is 0. The summed E-state index contributed by atoms with van der Waals surface area (Å²) in [6.45, 7) is 1.26. The molecule has 2 aromatic carbocycles. The molecule has 2 unspecified atom stereocenters. The van der Waals surface area contributed by atoms with Gasteiger partial charge in [-0.15, -0.1) is 0 Å². The lowest BCUT2D eigenvalue weighted by Crippen LogP contribution is -2.38. The van der Waals surface area contributed by atoms with Crippen molar-refractivity contribution < 1.29 is 77.3 Å². The molecule has 8 N–H and O–H groups in total. The number of alkyl halides is 12. The number of carbonyl (C=O) groups is 3. The second-order valence-corrected chi connectivity index (χ2v) is 11.3. The van der Waals surface area contributed by atoms with Crippen LogP contribution in [0.4, 0.5) is 58.5 Å². The Hall–Kier alpha value is -5.58. The lowest BCUT2D eigenvalue weighted by atomic mass is 9.90. The van der Waals surface area contributed by atoms with Crippen molar-refractivity contribution in [3.63, 3.8) is 0 Å². The number of aromatic nitrogens is 2. The Morgan fingerprint density at radius 1 is 0.796 bits per heavy atom. The topological polar surface area (TPSA) is 206 Å². The van der Waals surface area contributed by atoms with E-state index in [2.05, 4.69) is 25.6 Å². The van der Waals surface area contributed by atoms with Crippen LogP contribution in [-0.2, 0) is 28.5 Å². The number of aliphatic imine (C=N–C) groups is 1. The van der Waals surface area contributed by atoms with Gasteiger partial charge in [-0.1, -0.05) is 24.5 Å². The van der Waals surface area contributed by atoms with Crippen molar-refractivity contribution in [3.8, 4) is 0 Å². The van der Waals surface area contributed by atoms with Gasteiger partial charge in [0.25, 0.3) is 5.91 Å². The first kappa shape index (κ1) is 44.6. The number of aliphatic carboxylic acids is 2. The highest BCUT2D eigenvalue weighted by Crippen LogP contribution is 2.36. The minimum Gasteiger partial charge on any atom is -0.475 e. The van der Waals surface area contributed by atoms with Gasteiger partial charge >= 0.3 is 36.6 Å². The van der Waals surface area contributed by atoms with E-state index in [0.29, 0.717) is 28.9 Å². The average molecular weight is 796 g/mol. The summed E-state index contributed by atoms with van der Waals surface area (Å²) in [7, 11) is 0. The molecule has 1 heterocycles. The number of amides is 1. The summed E-state index contributed by atoms with van der Waals surface area (Å²) in [5, 5.41) is 20.5. The third kappa shape index (κ3) is 13.8. The van der Waals surface area contributed by atoms with Gasteiger partial charge < -0.3 is 32.3 Å². The molecule has 0 spiro atoms. The summed E-state index contributed by atoms with van der Waals surface area (Å²) in [6.07, 6.45) is -16.9. The smallest absolute Gasteiger partial charge is 0.475 e. The molecule has 0 radical (unpaired) electrons. The van der Waals surface area contributed by atoms with Gasteiger partial charge in [0, 0.05) is 11.9 Å². The highest BCUT2D eigenvalue weighted by molar-refractivity contribution is 5.96. The maximum absolute atomic E-state index is 13.2. The predicted octanol–water partition coefficient (Wildman–Crippen LogP) is 6.17. The highest BCUT2D eigenvalue weighted by Gasteiger charge is 2.39. The molecule has 298 valence electrons. The second kappa shape index (κ2) is 17.5. The molecule has 54 heavy (non-hydrogen) atoms. The Balaban J connectivity index is 0.000000610. The number of carboxylic acids is 2. The zero-order valence-electron chi connectivity index (χ0n) is 27.3. The zero-order chi connectivity index (χ0) is 41.4. The van der Waals surface area contributed by atoms with Crippen LogP contribution in [0.1, 0.15) is 58.6 Å². The third-order valence-electron chi connectivity index (χ3n) is 7.01. The fourth-order valence-electron chi connectivity index (χ4n) is 4.64. The van der Waals surface area contributed by atoms with Crippen molar-refractivity contribution in [2.75, 3.05) is 5.32 Å². The van der Waals surface area contributed by atoms with Crippen LogP contribution in [0.2, 0.25) is 0 Å². The number of hydrogen-bond donors (Lipinski definition) is 6. The van der Waals surface area contributed by atoms with Crippen LogP contribution in [0.15, 0.2) is 41.4 Å². The molecular weight excluding hydrogens is 766 g/mol. The molecule has 1 aromatic heterocycles. The van der Waals surface area contributed by atoms with Gasteiger partial charge in [0.05, 0.1) is 28.7 Å². The number of hydrogen-bond acceptors (Lipinski definition) is 7. The van der Waals surface area contributed by atoms with Gasteiger partial charge in [0.15, 0.2) is 5.96 Å². The van der Waals surface area contributed by atoms with E-state index in [0.717, 1.165) is 31.2 Å². The molecule has 0 bridgehead atoms. The Morgan fingerprint density at radius 3 is 1.76 bits per heavy atom. The van der Waals surface area contributed by atoms with Crippen LogP contribution < -0.4 is 22.1 Å². The zero-order valence-corrected chi connectivity index (χ0v) is 27.3. The lowest BCUT2D eigenvalue weighted by molar-refractivity contribution is -0.193. The third-order valence-corrected chi connectivity index (χ3v) is 7.01. The number of nitrogens with one attached hydrogen (secondary N) is 2. The van der Waals surface area contributed by atoms with Crippen molar-refractivity contribution in [3.05, 3.63) is 64.5 Å². The molecule has 12 nitrogen and oxygen atoms in total. The van der Waals surface area contributed by atoms with Crippen LogP contribution >= 0.6 is 0 Å². The summed E-state index contributed by atoms with van der Waals surface area (Å²) in [4.78, 5) is 43.7. The van der Waals surface area contributed by atoms with Crippen LogP contribution in [0, 0.1) is 6.92 Å². The molecule has 1 saturated carbocycles. The molecule has 0 aliphatic heterocycles. The Kier molecular flexibility index (Phi) is 14.4. The standard InChI is InChI=1S/C26H27F6N7O.2C2HF3O2/c1-13-6-7-18-17(8-13)21(37-19-4-2-3-5-20(19)38-24(33)34)39-22(36-18)23(40)35-12-14-9-15(25(27,28)29)11-16(10-14)26(30,31)32;2*3-2(4,5)1(6)7/h6-11,19-20H,2-5,12H2,1H3,(H,35,40)(H4,33,34,38)(H,36,37,39);2*(H,6,7). The van der Waals surface area contributed by atoms with Crippen molar-refractivity contribution in [2.24, 2.45) is 16.5 Å². The number of benzene rings is 2. The van der Waals surface area contributed by atoms with Crippen LogP contribution in [0.3, 0.4) is 0 Å². The fraction of sp³-hybridized carbons (Fsp3) is 0.400. The molecule has 1 fully saturated rings. The average Bonchev–Trinajstić information content (AvgIpc) is 3.03. The highest BCUT2D eigenvalue weighted by atomic mass is 19.4. The van der Waals surface area contributed by atoms with Crippen LogP contribution in [-0.4, -0.2) is 68.4 Å². The first-order chi connectivity index (χ1) is 24.6. The molecule has 1 amide bonds. The number of fused-ring (bicyclic) bond motifs is 1. The molecule has 1 aliphatic carbocycles. The van der Waals surface area contributed by atoms with E-state index in [1.165, 1.54) is 0 Å². The lowest BCUT2D eigenvalue weighted by Gasteiger charge is -2.30. The number of nitrogens with zero attached hydrogens (tertiary/aromatic N) is 3. The molecule has 4 rings (SSSR count). The molecular formula is C30H29F12N7O5.